The van der Waals surface area contributed by atoms with Crippen LogP contribution in [0.4, 0.5) is 0 Å². The second-order valence-corrected chi connectivity index (χ2v) is 6.97. The molecule has 1 atom stereocenters. The number of aryl methyl sites for hydroxylation is 2. The third-order valence-electron chi connectivity index (χ3n) is 5.26. The zero-order valence-electron chi connectivity index (χ0n) is 16.5. The van der Waals surface area contributed by atoms with Gasteiger partial charge < -0.3 is 19.2 Å². The predicted molar refractivity (Wildman–Crippen MR) is 110 cm³/mol. The SMILES string of the molecule is C=CCOc1ccc(C2NC(=O)c3oc4c(C)c(C)ccc4c(=O)c32)cc1OC. The number of amides is 1. The molecule has 3 aromatic rings. The normalized spacial score (nSPS) is 15.1. The maximum Gasteiger partial charge on any atom is 0.288 e. The van der Waals surface area contributed by atoms with Gasteiger partial charge in [-0.2, -0.15) is 0 Å². The number of nitrogens with one attached hydrogen (secondary N) is 1. The fourth-order valence-electron chi connectivity index (χ4n) is 3.59. The van der Waals surface area contributed by atoms with Gasteiger partial charge in [-0.1, -0.05) is 24.8 Å². The summed E-state index contributed by atoms with van der Waals surface area (Å²) >= 11 is 0. The molecule has 0 bridgehead atoms. The van der Waals surface area contributed by atoms with Crippen LogP contribution in [-0.4, -0.2) is 19.6 Å². The van der Waals surface area contributed by atoms with Crippen LogP contribution in [0.15, 0.2) is 52.2 Å². The first-order chi connectivity index (χ1) is 14.0. The van der Waals surface area contributed by atoms with Crippen molar-refractivity contribution in [1.29, 1.82) is 0 Å². The zero-order valence-corrected chi connectivity index (χ0v) is 16.5. The molecule has 6 nitrogen and oxygen atoms in total. The van der Waals surface area contributed by atoms with Crippen molar-refractivity contribution in [1.82, 2.24) is 5.32 Å². The average Bonchev–Trinajstić information content (AvgIpc) is 3.06. The lowest BCUT2D eigenvalue weighted by atomic mass is 9.97. The van der Waals surface area contributed by atoms with Gasteiger partial charge in [0.2, 0.25) is 5.76 Å². The van der Waals surface area contributed by atoms with Crippen molar-refractivity contribution >= 4 is 16.9 Å². The lowest BCUT2D eigenvalue weighted by molar-refractivity contribution is 0.0938. The maximum absolute atomic E-state index is 13.3. The Morgan fingerprint density at radius 1 is 1.17 bits per heavy atom. The van der Waals surface area contributed by atoms with Gasteiger partial charge in [0.05, 0.1) is 24.1 Å². The monoisotopic (exact) mass is 391 g/mol. The summed E-state index contributed by atoms with van der Waals surface area (Å²) in [5.74, 6) is 0.712. The molecule has 0 fully saturated rings. The van der Waals surface area contributed by atoms with Gasteiger partial charge in [0, 0.05) is 0 Å². The van der Waals surface area contributed by atoms with Gasteiger partial charge in [-0.3, -0.25) is 9.59 Å². The third kappa shape index (κ3) is 2.97. The Labute approximate surface area is 167 Å². The number of fused-ring (bicyclic) bond motifs is 2. The Balaban J connectivity index is 1.87. The van der Waals surface area contributed by atoms with Crippen molar-refractivity contribution in [2.75, 3.05) is 13.7 Å². The van der Waals surface area contributed by atoms with Crippen molar-refractivity contribution in [3.8, 4) is 11.5 Å². The Kier molecular flexibility index (Phi) is 4.62. The molecule has 2 aromatic carbocycles. The largest absolute Gasteiger partial charge is 0.493 e. The van der Waals surface area contributed by atoms with Crippen LogP contribution in [0.3, 0.4) is 0 Å². The molecule has 6 heteroatoms. The first-order valence-electron chi connectivity index (χ1n) is 9.25. The molecular formula is C23H21NO5. The van der Waals surface area contributed by atoms with Crippen LogP contribution in [0.1, 0.15) is 38.9 Å². The summed E-state index contributed by atoms with van der Waals surface area (Å²) < 4.78 is 16.9. The second-order valence-electron chi connectivity index (χ2n) is 6.97. The zero-order chi connectivity index (χ0) is 20.7. The molecule has 29 heavy (non-hydrogen) atoms. The standard InChI is InChI=1S/C23H21NO5/c1-5-10-28-16-9-7-14(11-17(16)27-4)19-18-20(25)15-8-6-12(2)13(3)21(15)29-22(18)23(26)24-19/h5-9,11,19H,1,10H2,2-4H3,(H,24,26). The van der Waals surface area contributed by atoms with Gasteiger partial charge >= 0.3 is 0 Å². The third-order valence-corrected chi connectivity index (χ3v) is 5.26. The summed E-state index contributed by atoms with van der Waals surface area (Å²) in [5.41, 5.74) is 3.11. The topological polar surface area (TPSA) is 77.8 Å². The van der Waals surface area contributed by atoms with E-state index in [9.17, 15) is 9.59 Å². The van der Waals surface area contributed by atoms with Crippen molar-refractivity contribution in [3.05, 3.63) is 81.2 Å². The summed E-state index contributed by atoms with van der Waals surface area (Å²) in [6.45, 7) is 7.79. The fraction of sp³-hybridized carbons (Fsp3) is 0.217. The molecule has 1 amide bonds. The lowest BCUT2D eigenvalue weighted by Crippen LogP contribution is -2.22. The number of hydrogen-bond donors (Lipinski definition) is 1. The van der Waals surface area contributed by atoms with Crippen molar-refractivity contribution in [3.63, 3.8) is 0 Å². The Morgan fingerprint density at radius 2 is 1.97 bits per heavy atom. The minimum atomic E-state index is -0.623. The number of carbonyl (C=O) groups excluding carboxylic acids is 1. The molecule has 148 valence electrons. The minimum Gasteiger partial charge on any atom is -0.493 e. The molecule has 1 N–H and O–H groups in total. The van der Waals surface area contributed by atoms with Crippen LogP contribution in [0.5, 0.6) is 11.5 Å². The van der Waals surface area contributed by atoms with Gasteiger partial charge in [-0.05, 0) is 48.7 Å². The molecule has 0 saturated heterocycles. The van der Waals surface area contributed by atoms with Crippen molar-refractivity contribution in [2.24, 2.45) is 0 Å². The van der Waals surface area contributed by atoms with Crippen molar-refractivity contribution < 1.29 is 18.7 Å². The van der Waals surface area contributed by atoms with Crippen LogP contribution in [0.2, 0.25) is 0 Å². The quantitative estimate of drug-likeness (QED) is 0.669. The highest BCUT2D eigenvalue weighted by Gasteiger charge is 2.36. The maximum atomic E-state index is 13.3. The molecule has 1 aliphatic rings. The minimum absolute atomic E-state index is 0.0622. The second kappa shape index (κ2) is 7.13. The molecule has 2 heterocycles. The van der Waals surface area contributed by atoms with E-state index < -0.39 is 11.9 Å². The predicted octanol–water partition coefficient (Wildman–Crippen LogP) is 3.82. The Hall–Kier alpha value is -3.54. The number of benzene rings is 2. The van der Waals surface area contributed by atoms with E-state index in [-0.39, 0.29) is 11.2 Å². The van der Waals surface area contributed by atoms with E-state index in [1.807, 2.05) is 19.9 Å². The summed E-state index contributed by atoms with van der Waals surface area (Å²) in [6.07, 6.45) is 1.64. The lowest BCUT2D eigenvalue weighted by Gasteiger charge is -2.15. The van der Waals surface area contributed by atoms with E-state index in [4.69, 9.17) is 13.9 Å². The average molecular weight is 391 g/mol. The Bertz CT molecular complexity index is 1210. The van der Waals surface area contributed by atoms with Crippen LogP contribution < -0.4 is 20.2 Å². The Morgan fingerprint density at radius 3 is 2.69 bits per heavy atom. The highest BCUT2D eigenvalue weighted by Crippen LogP contribution is 2.36. The fourth-order valence-corrected chi connectivity index (χ4v) is 3.59. The molecule has 0 spiro atoms. The first-order valence-corrected chi connectivity index (χ1v) is 9.25. The highest BCUT2D eigenvalue weighted by atomic mass is 16.5. The van der Waals surface area contributed by atoms with Gasteiger partial charge in [-0.15, -0.1) is 0 Å². The van der Waals surface area contributed by atoms with E-state index in [2.05, 4.69) is 11.9 Å². The molecule has 1 aliphatic heterocycles. The molecular weight excluding hydrogens is 370 g/mol. The van der Waals surface area contributed by atoms with E-state index in [1.165, 1.54) is 7.11 Å². The van der Waals surface area contributed by atoms with Crippen LogP contribution in [0.25, 0.3) is 11.0 Å². The van der Waals surface area contributed by atoms with E-state index in [1.54, 1.807) is 30.3 Å². The number of methoxy groups -OCH3 is 1. The van der Waals surface area contributed by atoms with E-state index in [0.29, 0.717) is 40.2 Å². The molecule has 0 saturated carbocycles. The van der Waals surface area contributed by atoms with Crippen LogP contribution >= 0.6 is 0 Å². The molecule has 4 rings (SSSR count). The summed E-state index contributed by atoms with van der Waals surface area (Å²) in [6, 6.07) is 8.30. The van der Waals surface area contributed by atoms with E-state index in [0.717, 1.165) is 11.1 Å². The van der Waals surface area contributed by atoms with Crippen molar-refractivity contribution in [2.45, 2.75) is 19.9 Å². The summed E-state index contributed by atoms with van der Waals surface area (Å²) in [5, 5.41) is 3.32. The van der Waals surface area contributed by atoms with E-state index >= 15 is 0 Å². The number of rotatable bonds is 5. The smallest absolute Gasteiger partial charge is 0.288 e. The van der Waals surface area contributed by atoms with Crippen LogP contribution in [-0.2, 0) is 0 Å². The van der Waals surface area contributed by atoms with Gasteiger partial charge in [-0.25, -0.2) is 0 Å². The van der Waals surface area contributed by atoms with Crippen LogP contribution in [0, 0.1) is 13.8 Å². The molecule has 0 radical (unpaired) electrons. The highest BCUT2D eigenvalue weighted by molar-refractivity contribution is 5.99. The summed E-state index contributed by atoms with van der Waals surface area (Å²) in [4.78, 5) is 25.9. The van der Waals surface area contributed by atoms with Gasteiger partial charge in [0.15, 0.2) is 16.9 Å². The first kappa shape index (κ1) is 18.8. The molecule has 1 aromatic heterocycles. The number of hydrogen-bond acceptors (Lipinski definition) is 5. The van der Waals surface area contributed by atoms with Gasteiger partial charge in [0.25, 0.3) is 5.91 Å². The number of carbonyl (C=O) groups is 1. The molecule has 0 aliphatic carbocycles. The summed E-state index contributed by atoms with van der Waals surface area (Å²) in [7, 11) is 1.54. The van der Waals surface area contributed by atoms with Gasteiger partial charge in [0.1, 0.15) is 12.2 Å². The molecule has 1 unspecified atom stereocenters. The number of ether oxygens (including phenoxy) is 2.